The van der Waals surface area contributed by atoms with Crippen LogP contribution in [0.1, 0.15) is 25.2 Å². The number of amides is 2. The molecule has 0 saturated carbocycles. The molecule has 0 radical (unpaired) electrons. The first-order valence-corrected chi connectivity index (χ1v) is 13.4. The van der Waals surface area contributed by atoms with E-state index in [-0.39, 0.29) is 33.5 Å². The molecule has 2 aliphatic heterocycles. The number of carbonyl (C=O) groups excluding carboxylic acids is 2. The average Bonchev–Trinajstić information content (AvgIpc) is 3.33. The molecule has 18 heteroatoms. The molecule has 2 aliphatic rings. The van der Waals surface area contributed by atoms with E-state index >= 15 is 0 Å². The standard InChI is InChI=1S/C23H22N6O10S2/c1-23(2,21(36)37)39-27-14(11-8-41-22(24)25-11)17(32)26-15-18(33)29-16(20(34)35)9(7-40-19(15)29)3-4-10-5-12(30)13(31)6-28(10)38/h3-6,8,15,19,31,38H,7H2,1-2H3,(H2,24,25)(H,26,32)(H,34,35)(H,36,37)/b4-3-,27-14+. The van der Waals surface area contributed by atoms with E-state index in [0.717, 1.165) is 40.3 Å². The van der Waals surface area contributed by atoms with E-state index < -0.39 is 57.7 Å². The quantitative estimate of drug-likeness (QED) is 0.0943. The van der Waals surface area contributed by atoms with Crippen molar-refractivity contribution in [1.82, 2.24) is 19.9 Å². The van der Waals surface area contributed by atoms with E-state index in [0.29, 0.717) is 4.73 Å². The normalized spacial score (nSPS) is 19.1. The second kappa shape index (κ2) is 11.0. The summed E-state index contributed by atoms with van der Waals surface area (Å²) in [6, 6.07) is -0.233. The third kappa shape index (κ3) is 5.73. The van der Waals surface area contributed by atoms with Gasteiger partial charge < -0.3 is 36.4 Å². The molecule has 2 atom stereocenters. The second-order valence-electron chi connectivity index (χ2n) is 9.08. The number of carboxylic acids is 2. The summed E-state index contributed by atoms with van der Waals surface area (Å²) in [4.78, 5) is 71.4. The summed E-state index contributed by atoms with van der Waals surface area (Å²) in [5.41, 5.74) is 2.38. The van der Waals surface area contributed by atoms with Gasteiger partial charge in [0, 0.05) is 17.2 Å². The summed E-state index contributed by atoms with van der Waals surface area (Å²) < 4.78 is 0.476. The highest BCUT2D eigenvalue weighted by atomic mass is 32.2. The molecule has 1 saturated heterocycles. The molecule has 4 rings (SSSR count). The lowest BCUT2D eigenvalue weighted by Gasteiger charge is -2.49. The largest absolute Gasteiger partial charge is 0.503 e. The molecule has 2 aromatic rings. The van der Waals surface area contributed by atoms with Gasteiger partial charge in [-0.15, -0.1) is 23.1 Å². The third-order valence-corrected chi connectivity index (χ3v) is 7.82. The van der Waals surface area contributed by atoms with E-state index in [1.54, 1.807) is 0 Å². The number of aliphatic carboxylic acids is 2. The number of pyridine rings is 1. The number of carbonyl (C=O) groups is 4. The number of oxime groups is 1. The Kier molecular flexibility index (Phi) is 7.80. The Morgan fingerprint density at radius 2 is 1.98 bits per heavy atom. The van der Waals surface area contributed by atoms with Crippen molar-refractivity contribution in [2.75, 3.05) is 11.5 Å². The summed E-state index contributed by atoms with van der Waals surface area (Å²) in [6.45, 7) is 2.42. The fourth-order valence-electron chi connectivity index (χ4n) is 3.62. The molecule has 1 fully saturated rings. The molecule has 2 amide bonds. The Labute approximate surface area is 238 Å². The molecule has 0 bridgehead atoms. The number of nitrogen functional groups attached to an aromatic ring is 1. The topological polar surface area (TPSA) is 247 Å². The highest BCUT2D eigenvalue weighted by Crippen LogP contribution is 2.40. The number of thiazole rings is 1. The predicted molar refractivity (Wildman–Crippen MR) is 144 cm³/mol. The van der Waals surface area contributed by atoms with Crippen LogP contribution in [0.3, 0.4) is 0 Å². The molecule has 216 valence electrons. The van der Waals surface area contributed by atoms with E-state index in [2.05, 4.69) is 15.5 Å². The zero-order valence-corrected chi connectivity index (χ0v) is 22.8. The Balaban J connectivity index is 1.57. The van der Waals surface area contributed by atoms with Gasteiger partial charge in [0.25, 0.3) is 11.8 Å². The number of rotatable bonds is 9. The van der Waals surface area contributed by atoms with Gasteiger partial charge in [0.2, 0.25) is 11.0 Å². The SMILES string of the molecule is CC(C)(O/N=C(/C(=O)NC1C(=O)N2C(C(=O)O)=C(/C=C\c3cc(=O)c(O)cn3O)CSC12)c1csc(N)n1)C(=O)O. The van der Waals surface area contributed by atoms with Crippen LogP contribution in [-0.4, -0.2) is 87.4 Å². The number of aromatic nitrogens is 2. The number of nitrogens with two attached hydrogens (primary N) is 1. The Morgan fingerprint density at radius 1 is 1.27 bits per heavy atom. The highest BCUT2D eigenvalue weighted by Gasteiger charge is 2.54. The van der Waals surface area contributed by atoms with Crippen LogP contribution in [0.4, 0.5) is 5.13 Å². The van der Waals surface area contributed by atoms with Crippen LogP contribution in [0.2, 0.25) is 0 Å². The van der Waals surface area contributed by atoms with Gasteiger partial charge in [0.15, 0.2) is 16.6 Å². The monoisotopic (exact) mass is 606 g/mol. The fourth-order valence-corrected chi connectivity index (χ4v) is 5.49. The molecule has 4 heterocycles. The molecular weight excluding hydrogens is 584 g/mol. The number of aromatic hydroxyl groups is 1. The lowest BCUT2D eigenvalue weighted by Crippen LogP contribution is -2.71. The van der Waals surface area contributed by atoms with Gasteiger partial charge in [-0.05, 0) is 25.5 Å². The van der Waals surface area contributed by atoms with Crippen LogP contribution in [0.25, 0.3) is 6.08 Å². The number of carboxylic acid groups (broad SMARTS) is 2. The maximum Gasteiger partial charge on any atom is 0.352 e. The molecule has 2 unspecified atom stereocenters. The number of anilines is 1. The summed E-state index contributed by atoms with van der Waals surface area (Å²) in [5, 5.41) is 45.3. The summed E-state index contributed by atoms with van der Waals surface area (Å²) in [5.74, 6) is -5.07. The highest BCUT2D eigenvalue weighted by molar-refractivity contribution is 8.00. The van der Waals surface area contributed by atoms with Gasteiger partial charge in [-0.2, -0.15) is 4.73 Å². The Bertz CT molecular complexity index is 1610. The van der Waals surface area contributed by atoms with Gasteiger partial charge in [-0.25, -0.2) is 14.6 Å². The second-order valence-corrected chi connectivity index (χ2v) is 11.1. The molecule has 2 aromatic heterocycles. The van der Waals surface area contributed by atoms with Crippen molar-refractivity contribution in [2.24, 2.45) is 5.16 Å². The van der Waals surface area contributed by atoms with Crippen LogP contribution in [0.15, 0.2) is 44.9 Å². The minimum absolute atomic E-state index is 0.0266. The molecular formula is C23H22N6O10S2. The number of allylic oxidation sites excluding steroid dienone is 1. The molecule has 7 N–H and O–H groups in total. The number of nitrogens with one attached hydrogen (secondary N) is 1. The van der Waals surface area contributed by atoms with Gasteiger partial charge in [0.05, 0.1) is 11.9 Å². The maximum absolute atomic E-state index is 13.2. The summed E-state index contributed by atoms with van der Waals surface area (Å²) in [6.07, 6.45) is 3.32. The van der Waals surface area contributed by atoms with Crippen molar-refractivity contribution >= 4 is 63.8 Å². The predicted octanol–water partition coefficient (Wildman–Crippen LogP) is -0.134. The van der Waals surface area contributed by atoms with Gasteiger partial charge in [0.1, 0.15) is 22.8 Å². The van der Waals surface area contributed by atoms with Gasteiger partial charge in [-0.1, -0.05) is 11.2 Å². The van der Waals surface area contributed by atoms with E-state index in [9.17, 15) is 44.5 Å². The molecule has 0 aliphatic carbocycles. The smallest absolute Gasteiger partial charge is 0.352 e. The lowest BCUT2D eigenvalue weighted by molar-refractivity contribution is -0.161. The van der Waals surface area contributed by atoms with E-state index in [1.165, 1.54) is 31.4 Å². The van der Waals surface area contributed by atoms with Crippen molar-refractivity contribution in [3.63, 3.8) is 0 Å². The van der Waals surface area contributed by atoms with Crippen LogP contribution >= 0.6 is 23.1 Å². The van der Waals surface area contributed by atoms with E-state index in [1.807, 2.05) is 0 Å². The number of β-lactam (4-membered cyclic amide) rings is 1. The summed E-state index contributed by atoms with van der Waals surface area (Å²) in [7, 11) is 0. The first-order valence-electron chi connectivity index (χ1n) is 11.5. The number of hydrogen-bond acceptors (Lipinski definition) is 13. The number of hydrogen-bond donors (Lipinski definition) is 6. The van der Waals surface area contributed by atoms with Crippen molar-refractivity contribution < 1.29 is 44.5 Å². The van der Waals surface area contributed by atoms with Crippen molar-refractivity contribution in [3.8, 4) is 5.75 Å². The number of fused-ring (bicyclic) bond motifs is 1. The molecule has 41 heavy (non-hydrogen) atoms. The zero-order valence-electron chi connectivity index (χ0n) is 21.2. The fraction of sp³-hybridized carbons (Fsp3) is 0.261. The minimum atomic E-state index is -1.80. The summed E-state index contributed by atoms with van der Waals surface area (Å²) >= 11 is 2.12. The van der Waals surface area contributed by atoms with Gasteiger partial charge >= 0.3 is 11.9 Å². The average molecular weight is 607 g/mol. The van der Waals surface area contributed by atoms with Crippen LogP contribution < -0.4 is 16.5 Å². The minimum Gasteiger partial charge on any atom is -0.503 e. The van der Waals surface area contributed by atoms with Crippen molar-refractivity contribution in [1.29, 1.82) is 0 Å². The van der Waals surface area contributed by atoms with Crippen molar-refractivity contribution in [3.05, 3.63) is 56.6 Å². The molecule has 16 nitrogen and oxygen atoms in total. The Morgan fingerprint density at radius 3 is 2.59 bits per heavy atom. The number of nitrogens with zero attached hydrogens (tertiary/aromatic N) is 4. The molecule has 0 spiro atoms. The first-order chi connectivity index (χ1) is 19.2. The lowest BCUT2D eigenvalue weighted by atomic mass is 10.0. The Hall–Kier alpha value is -4.84. The van der Waals surface area contributed by atoms with E-state index in [4.69, 9.17) is 10.6 Å². The number of thioether (sulfide) groups is 1. The third-order valence-electron chi connectivity index (χ3n) is 5.84. The van der Waals surface area contributed by atoms with Gasteiger partial charge in [-0.3, -0.25) is 19.3 Å². The van der Waals surface area contributed by atoms with Crippen LogP contribution in [0, 0.1) is 0 Å². The van der Waals surface area contributed by atoms with Crippen LogP contribution in [-0.2, 0) is 24.0 Å². The first kappa shape index (κ1) is 29.2. The molecule has 0 aromatic carbocycles. The zero-order chi connectivity index (χ0) is 30.2. The maximum atomic E-state index is 13.2. The van der Waals surface area contributed by atoms with Crippen molar-refractivity contribution in [2.45, 2.75) is 30.9 Å². The van der Waals surface area contributed by atoms with Crippen LogP contribution in [0.5, 0.6) is 5.75 Å².